The Balaban J connectivity index is 0.940. The number of rotatable bonds is 13. The number of carbonyl (C=O) groups is 4. The fourth-order valence-electron chi connectivity index (χ4n) is 9.46. The predicted octanol–water partition coefficient (Wildman–Crippen LogP) is 7.85. The minimum Gasteiger partial charge on any atom is -0.453 e. The molecule has 1 fully saturated rings. The van der Waals surface area contributed by atoms with Crippen molar-refractivity contribution >= 4 is 40.7 Å². The molecule has 2 aromatic heterocycles. The maximum Gasteiger partial charge on any atom is 0.410 e. The molecule has 346 valence electrons. The van der Waals surface area contributed by atoms with Crippen LogP contribution >= 0.6 is 0 Å². The lowest BCUT2D eigenvalue weighted by Gasteiger charge is -2.27. The first-order chi connectivity index (χ1) is 32.5. The standard InChI is InChI=1S/C50H50F2N8O7/c1-4-20-59(46(61)43(57-48(63)65-2)29-9-6-5-7-10-29)28-42-54-38-17-14-32(26-39(38)55-42)31-12-15-34-35-16-13-33(25-37(35)50(51,52)36(34)24-31)40-27-53-45(56-40)41-11-8-21-60(41)47(62)44(58-49(64)66-3)30-18-22-67-23-19-30/h5-7,9-10,12-17,24-27,30,43-44H,4,8,11,18-23,28H2,1-3H3,(H3,54,55,56,57,58,63,64)/p+1. The highest BCUT2D eigenvalue weighted by atomic mass is 19.3. The molecule has 3 aliphatic rings. The lowest BCUT2D eigenvalue weighted by atomic mass is 9.91. The van der Waals surface area contributed by atoms with Crippen LogP contribution in [0, 0.1) is 5.92 Å². The topological polar surface area (TPSA) is 184 Å². The molecular formula is C50H51F2N8O7+. The Morgan fingerprint density at radius 1 is 0.881 bits per heavy atom. The molecular weight excluding hydrogens is 863 g/mol. The minimum atomic E-state index is -3.31. The van der Waals surface area contributed by atoms with Crippen molar-refractivity contribution in [3.63, 3.8) is 0 Å². The largest absolute Gasteiger partial charge is 0.453 e. The van der Waals surface area contributed by atoms with E-state index >= 15 is 8.78 Å². The Labute approximate surface area is 384 Å². The number of fused-ring (bicyclic) bond motifs is 4. The Bertz CT molecular complexity index is 2890. The first-order valence-corrected chi connectivity index (χ1v) is 22.5. The van der Waals surface area contributed by atoms with Crippen LogP contribution in [0.15, 0.2) is 91.1 Å². The Kier molecular flexibility index (Phi) is 12.7. The third-order valence-corrected chi connectivity index (χ3v) is 12.9. The second kappa shape index (κ2) is 18.9. The number of imidazole rings is 2. The van der Waals surface area contributed by atoms with Crippen molar-refractivity contribution in [3.05, 3.63) is 119 Å². The maximum absolute atomic E-state index is 16.6. The molecule has 9 rings (SSSR count). The summed E-state index contributed by atoms with van der Waals surface area (Å²) >= 11 is 0. The van der Waals surface area contributed by atoms with E-state index in [0.717, 1.165) is 0 Å². The van der Waals surface area contributed by atoms with Crippen LogP contribution in [0.4, 0.5) is 18.4 Å². The molecule has 4 amide bonds. The van der Waals surface area contributed by atoms with Crippen LogP contribution in [0.5, 0.6) is 0 Å². The molecule has 15 nitrogen and oxygen atoms in total. The van der Waals surface area contributed by atoms with Gasteiger partial charge in [-0.3, -0.25) is 4.79 Å². The molecule has 0 spiro atoms. The van der Waals surface area contributed by atoms with Crippen LogP contribution in [0.2, 0.25) is 0 Å². The number of halogens is 2. The number of ether oxygens (including phenoxy) is 3. The molecule has 6 aromatic rings. The monoisotopic (exact) mass is 913 g/mol. The molecule has 4 heterocycles. The highest BCUT2D eigenvalue weighted by Crippen LogP contribution is 2.52. The summed E-state index contributed by atoms with van der Waals surface area (Å²) in [5, 5.41) is 5.41. The summed E-state index contributed by atoms with van der Waals surface area (Å²) in [4.78, 5) is 70.2. The highest BCUT2D eigenvalue weighted by Gasteiger charge is 2.45. The summed E-state index contributed by atoms with van der Waals surface area (Å²) in [6.45, 7) is 3.93. The molecule has 0 bridgehead atoms. The number of methoxy groups -OCH3 is 2. The van der Waals surface area contributed by atoms with Crippen molar-refractivity contribution in [1.82, 2.24) is 35.5 Å². The molecule has 4 aromatic carbocycles. The number of nitrogens with one attached hydrogen (secondary N) is 4. The van der Waals surface area contributed by atoms with Gasteiger partial charge < -0.3 is 39.7 Å². The summed E-state index contributed by atoms with van der Waals surface area (Å²) in [6, 6.07) is 22.8. The average Bonchev–Trinajstić information content (AvgIpc) is 4.17. The first-order valence-electron chi connectivity index (χ1n) is 22.5. The van der Waals surface area contributed by atoms with Crippen LogP contribution in [0.3, 0.4) is 0 Å². The molecule has 2 atom stereocenters. The zero-order chi connectivity index (χ0) is 46.8. The number of amides is 4. The number of H-pyrrole nitrogens is 2. The highest BCUT2D eigenvalue weighted by molar-refractivity contribution is 5.99. The second-order valence-corrected chi connectivity index (χ2v) is 17.0. The Morgan fingerprint density at radius 2 is 1.55 bits per heavy atom. The first kappa shape index (κ1) is 44.9. The van der Waals surface area contributed by atoms with Gasteiger partial charge in [-0.15, -0.1) is 0 Å². The number of benzene rings is 4. The molecule has 17 heteroatoms. The van der Waals surface area contributed by atoms with Gasteiger partial charge in [0.25, 0.3) is 5.92 Å². The van der Waals surface area contributed by atoms with E-state index in [1.165, 1.54) is 26.4 Å². The number of alkyl halides is 2. The number of hydrogen-bond acceptors (Lipinski definition) is 9. The molecule has 2 unspecified atom stereocenters. The molecule has 67 heavy (non-hydrogen) atoms. The van der Waals surface area contributed by atoms with Gasteiger partial charge in [0.1, 0.15) is 11.9 Å². The van der Waals surface area contributed by atoms with Crippen LogP contribution in [0.1, 0.15) is 73.4 Å². The van der Waals surface area contributed by atoms with E-state index in [1.54, 1.807) is 58.1 Å². The molecule has 1 aliphatic carbocycles. The van der Waals surface area contributed by atoms with Gasteiger partial charge in [-0.25, -0.2) is 24.4 Å². The lowest BCUT2D eigenvalue weighted by Crippen LogP contribution is -2.51. The van der Waals surface area contributed by atoms with E-state index in [1.807, 2.05) is 37.3 Å². The van der Waals surface area contributed by atoms with E-state index in [9.17, 15) is 19.2 Å². The number of carbonyl (C=O) groups excluding carboxylic acids is 4. The normalized spacial score (nSPS) is 16.3. The van der Waals surface area contributed by atoms with Gasteiger partial charge in [0.15, 0.2) is 18.4 Å². The number of hydrogen-bond donors (Lipinski definition) is 4. The summed E-state index contributed by atoms with van der Waals surface area (Å²) in [5.74, 6) is -3.02. The van der Waals surface area contributed by atoms with E-state index in [2.05, 4.69) is 25.6 Å². The quantitative estimate of drug-likeness (QED) is 0.0839. The summed E-state index contributed by atoms with van der Waals surface area (Å²) in [7, 11) is 2.50. The maximum atomic E-state index is 16.6. The number of aromatic nitrogens is 4. The van der Waals surface area contributed by atoms with Crippen molar-refractivity contribution in [2.45, 2.75) is 63.6 Å². The van der Waals surface area contributed by atoms with Gasteiger partial charge in [-0.05, 0) is 77.3 Å². The van der Waals surface area contributed by atoms with Gasteiger partial charge in [-0.1, -0.05) is 67.6 Å². The summed E-state index contributed by atoms with van der Waals surface area (Å²) < 4.78 is 50.1. The number of aromatic amines is 2. The Hall–Kier alpha value is -7.27. The van der Waals surface area contributed by atoms with Crippen molar-refractivity contribution in [3.8, 4) is 33.5 Å². The smallest absolute Gasteiger partial charge is 0.410 e. The van der Waals surface area contributed by atoms with Crippen molar-refractivity contribution in [2.24, 2.45) is 5.92 Å². The van der Waals surface area contributed by atoms with Gasteiger partial charge in [-0.2, -0.15) is 13.4 Å². The Morgan fingerprint density at radius 3 is 2.27 bits per heavy atom. The zero-order valence-electron chi connectivity index (χ0n) is 37.4. The predicted molar refractivity (Wildman–Crippen MR) is 244 cm³/mol. The van der Waals surface area contributed by atoms with Gasteiger partial charge in [0, 0.05) is 49.3 Å². The summed E-state index contributed by atoms with van der Waals surface area (Å²) in [6.07, 6.45) is 3.34. The van der Waals surface area contributed by atoms with Gasteiger partial charge in [0.05, 0.1) is 43.7 Å². The molecule has 2 aliphatic heterocycles. The molecule has 0 radical (unpaired) electrons. The number of alkyl carbamates (subject to hydrolysis) is 2. The second-order valence-electron chi connectivity index (χ2n) is 17.0. The lowest BCUT2D eigenvalue weighted by molar-refractivity contribution is -0.443. The average molecular weight is 914 g/mol. The van der Waals surface area contributed by atoms with Crippen LogP contribution in [0.25, 0.3) is 44.5 Å². The van der Waals surface area contributed by atoms with Crippen LogP contribution < -0.4 is 10.6 Å². The zero-order valence-corrected chi connectivity index (χ0v) is 37.4. The van der Waals surface area contributed by atoms with Crippen molar-refractivity contribution in [1.29, 1.82) is 0 Å². The number of nitrogens with zero attached hydrogens (tertiary/aromatic N) is 4. The third kappa shape index (κ3) is 8.90. The van der Waals surface area contributed by atoms with Crippen LogP contribution in [-0.2, 0) is 36.3 Å². The minimum absolute atomic E-state index is 0.106. The SMILES string of the molecule is CCCN(Cc1nc2ccc(-c3ccc4c(c3)C(F)(F)c3cc(-c5cnc(C6=[N+](C(=O)C(NC(=O)OC)C7CCOCC7)CCC6)[nH]5)ccc3-4)cc2[nH]1)C(=O)C(NC(=O)OC)c1ccccc1. The van der Waals surface area contributed by atoms with E-state index in [4.69, 9.17) is 19.2 Å². The fraction of sp³-hybridized carbons (Fsp3) is 0.340. The van der Waals surface area contributed by atoms with E-state index in [0.29, 0.717) is 126 Å². The van der Waals surface area contributed by atoms with E-state index < -0.39 is 30.2 Å². The van der Waals surface area contributed by atoms with Gasteiger partial charge in [0.2, 0.25) is 11.6 Å². The fourth-order valence-corrected chi connectivity index (χ4v) is 9.46. The van der Waals surface area contributed by atoms with Crippen LogP contribution in [-0.4, -0.2) is 106 Å². The van der Waals surface area contributed by atoms with Gasteiger partial charge >= 0.3 is 18.1 Å². The third-order valence-electron chi connectivity index (χ3n) is 12.9. The van der Waals surface area contributed by atoms with Crippen molar-refractivity contribution < 1.29 is 46.7 Å². The molecule has 1 saturated heterocycles. The summed E-state index contributed by atoms with van der Waals surface area (Å²) in [5.41, 5.74) is 5.58. The molecule has 4 N–H and O–H groups in total. The van der Waals surface area contributed by atoms with E-state index in [-0.39, 0.29) is 35.4 Å². The van der Waals surface area contributed by atoms with Crippen molar-refractivity contribution in [2.75, 3.05) is 40.5 Å². The molecule has 0 saturated carbocycles.